The second-order valence-corrected chi connectivity index (χ2v) is 7.38. The first kappa shape index (κ1) is 21.8. The molecule has 0 fully saturated rings. The summed E-state index contributed by atoms with van der Waals surface area (Å²) in [7, 11) is 0. The summed E-state index contributed by atoms with van der Waals surface area (Å²) in [5.41, 5.74) is 7.27. The Kier molecular flexibility index (Phi) is 5.59. The quantitative estimate of drug-likeness (QED) is 0.616. The number of nitrogens with zero attached hydrogens (tertiary/aromatic N) is 4. The van der Waals surface area contributed by atoms with Crippen molar-refractivity contribution in [2.45, 2.75) is 25.7 Å². The monoisotopic (exact) mass is 449 g/mol. The Hall–Kier alpha value is -3.47. The minimum Gasteiger partial charge on any atom is -0.455 e. The van der Waals surface area contributed by atoms with E-state index in [1.807, 2.05) is 6.08 Å². The molecule has 2 aromatic heterocycles. The van der Waals surface area contributed by atoms with Gasteiger partial charge in [-0.15, -0.1) is 0 Å². The molecule has 0 aliphatic carbocycles. The Balaban J connectivity index is 1.54. The van der Waals surface area contributed by atoms with Gasteiger partial charge in [0.05, 0.1) is 6.54 Å². The Morgan fingerprint density at radius 1 is 1.16 bits per heavy atom. The molecule has 0 unspecified atom stereocenters. The van der Waals surface area contributed by atoms with Crippen LogP contribution in [0.1, 0.15) is 22.9 Å². The van der Waals surface area contributed by atoms with E-state index in [4.69, 9.17) is 10.2 Å². The van der Waals surface area contributed by atoms with Gasteiger partial charge in [0.2, 0.25) is 11.7 Å². The zero-order valence-corrected chi connectivity index (χ0v) is 16.9. The maximum absolute atomic E-state index is 13.2. The van der Waals surface area contributed by atoms with Crippen LogP contribution in [0.15, 0.2) is 51.7 Å². The predicted molar refractivity (Wildman–Crippen MR) is 108 cm³/mol. The van der Waals surface area contributed by atoms with E-state index in [1.54, 1.807) is 24.0 Å². The van der Waals surface area contributed by atoms with Gasteiger partial charge in [0, 0.05) is 19.1 Å². The molecule has 0 spiro atoms. The van der Waals surface area contributed by atoms with Crippen molar-refractivity contribution in [1.29, 1.82) is 0 Å². The third-order valence-corrected chi connectivity index (χ3v) is 5.14. The van der Waals surface area contributed by atoms with E-state index in [-0.39, 0.29) is 29.9 Å². The van der Waals surface area contributed by atoms with Crippen LogP contribution in [0.3, 0.4) is 0 Å². The number of hydrogen-bond donors (Lipinski definition) is 1. The van der Waals surface area contributed by atoms with E-state index in [2.05, 4.69) is 9.97 Å². The first-order valence-electron chi connectivity index (χ1n) is 9.70. The molecule has 2 N–H and O–H groups in total. The van der Waals surface area contributed by atoms with E-state index in [1.165, 1.54) is 12.1 Å². The smallest absolute Gasteiger partial charge is 0.449 e. The average Bonchev–Trinajstić information content (AvgIpc) is 3.21. The minimum absolute atomic E-state index is 0.0363. The molecular weight excluding hydrogens is 430 g/mol. The molecule has 0 bridgehead atoms. The highest BCUT2D eigenvalue weighted by atomic mass is 19.4. The fourth-order valence-electron chi connectivity index (χ4n) is 3.52. The first-order chi connectivity index (χ1) is 15.1. The van der Waals surface area contributed by atoms with Crippen molar-refractivity contribution in [3.05, 3.63) is 81.7 Å². The predicted octanol–water partition coefficient (Wildman–Crippen LogP) is 2.98. The maximum Gasteiger partial charge on any atom is 0.449 e. The lowest BCUT2D eigenvalue weighted by molar-refractivity contribution is -0.153. The molecule has 3 heterocycles. The van der Waals surface area contributed by atoms with E-state index in [0.717, 1.165) is 27.8 Å². The van der Waals surface area contributed by atoms with Crippen LogP contribution in [-0.2, 0) is 12.7 Å². The second kappa shape index (κ2) is 8.23. The topological polar surface area (TPSA) is 90.2 Å². The molecule has 0 radical (unpaired) electrons. The molecule has 32 heavy (non-hydrogen) atoms. The van der Waals surface area contributed by atoms with Gasteiger partial charge in [0.1, 0.15) is 17.4 Å². The van der Waals surface area contributed by atoms with Gasteiger partial charge in [0.15, 0.2) is 0 Å². The van der Waals surface area contributed by atoms with Crippen molar-refractivity contribution in [3.63, 3.8) is 0 Å². The molecule has 0 saturated heterocycles. The fraction of sp³-hybridized carbons (Fsp3) is 0.286. The molecule has 168 valence electrons. The van der Waals surface area contributed by atoms with Crippen molar-refractivity contribution >= 4 is 11.5 Å². The van der Waals surface area contributed by atoms with Gasteiger partial charge in [0.25, 0.3) is 0 Å². The van der Waals surface area contributed by atoms with Crippen LogP contribution in [0, 0.1) is 12.7 Å². The van der Waals surface area contributed by atoms with Gasteiger partial charge in [-0.25, -0.2) is 9.18 Å². The molecule has 0 amide bonds. The number of rotatable bonds is 4. The minimum atomic E-state index is -4.61. The van der Waals surface area contributed by atoms with Gasteiger partial charge in [-0.05, 0) is 42.3 Å². The van der Waals surface area contributed by atoms with Gasteiger partial charge in [-0.1, -0.05) is 18.2 Å². The largest absolute Gasteiger partial charge is 0.455 e. The van der Waals surface area contributed by atoms with Crippen LogP contribution in [-0.4, -0.2) is 33.7 Å². The van der Waals surface area contributed by atoms with Crippen molar-refractivity contribution < 1.29 is 22.0 Å². The van der Waals surface area contributed by atoms with Crippen LogP contribution in [0.4, 0.5) is 23.5 Å². The summed E-state index contributed by atoms with van der Waals surface area (Å²) in [4.78, 5) is 22.6. The fourth-order valence-corrected chi connectivity index (χ4v) is 3.52. The molecule has 11 heteroatoms. The summed E-state index contributed by atoms with van der Waals surface area (Å²) < 4.78 is 57.2. The highest BCUT2D eigenvalue weighted by Gasteiger charge is 2.34. The third kappa shape index (κ3) is 4.42. The van der Waals surface area contributed by atoms with Gasteiger partial charge in [-0.3, -0.25) is 4.57 Å². The summed E-state index contributed by atoms with van der Waals surface area (Å²) in [6.07, 6.45) is -2.74. The Morgan fingerprint density at radius 3 is 2.47 bits per heavy atom. The Morgan fingerprint density at radius 2 is 1.88 bits per heavy atom. The molecule has 1 atom stereocenters. The first-order valence-corrected chi connectivity index (χ1v) is 9.70. The number of benzene rings is 1. The van der Waals surface area contributed by atoms with E-state index >= 15 is 0 Å². The number of aryl methyl sites for hydroxylation is 1. The number of hydrogen-bond acceptors (Lipinski definition) is 6. The number of furan rings is 1. The molecule has 1 aromatic carbocycles. The van der Waals surface area contributed by atoms with Crippen LogP contribution in [0.5, 0.6) is 0 Å². The summed E-state index contributed by atoms with van der Waals surface area (Å²) in [6.45, 7) is 2.05. The molecule has 1 aliphatic heterocycles. The van der Waals surface area contributed by atoms with E-state index in [9.17, 15) is 22.4 Å². The van der Waals surface area contributed by atoms with Gasteiger partial charge < -0.3 is 15.1 Å². The Bertz CT molecular complexity index is 1210. The molecule has 4 rings (SSSR count). The van der Waals surface area contributed by atoms with Crippen LogP contribution < -0.4 is 16.3 Å². The molecule has 1 aliphatic rings. The highest BCUT2D eigenvalue weighted by molar-refractivity contribution is 5.72. The molecule has 7 nitrogen and oxygen atoms in total. The van der Waals surface area contributed by atoms with E-state index in [0.29, 0.717) is 13.1 Å². The summed E-state index contributed by atoms with van der Waals surface area (Å²) in [6, 6.07) is 7.58. The zero-order chi connectivity index (χ0) is 23.0. The summed E-state index contributed by atoms with van der Waals surface area (Å²) in [5.74, 6) is -1.07. The lowest BCUT2D eigenvalue weighted by Crippen LogP contribution is -2.44. The second-order valence-electron chi connectivity index (χ2n) is 7.38. The zero-order valence-electron chi connectivity index (χ0n) is 16.9. The lowest BCUT2D eigenvalue weighted by Gasteiger charge is -2.31. The van der Waals surface area contributed by atoms with Crippen LogP contribution in [0.25, 0.3) is 5.57 Å². The lowest BCUT2D eigenvalue weighted by atomic mass is 9.95. The standard InChI is InChI=1S/C21H19F4N5O2/c1-12-27-19(28-20(31)30(12)10-15-6-7-18(32-15)21(23,24)25)29-9-8-16(17(26)11-29)13-2-4-14(22)5-3-13/h2-8,17H,9-11,26H2,1H3/t17-/m0/s1. The number of nitrogens with two attached hydrogens (primary N) is 1. The molecule has 0 saturated carbocycles. The van der Waals surface area contributed by atoms with Crippen molar-refractivity contribution in [1.82, 2.24) is 14.5 Å². The van der Waals surface area contributed by atoms with E-state index < -0.39 is 23.7 Å². The van der Waals surface area contributed by atoms with Crippen LogP contribution >= 0.6 is 0 Å². The number of alkyl halides is 3. The highest BCUT2D eigenvalue weighted by Crippen LogP contribution is 2.30. The van der Waals surface area contributed by atoms with Crippen molar-refractivity contribution in [3.8, 4) is 0 Å². The van der Waals surface area contributed by atoms with Crippen molar-refractivity contribution in [2.75, 3.05) is 18.0 Å². The van der Waals surface area contributed by atoms with Gasteiger partial charge in [-0.2, -0.15) is 23.1 Å². The SMILES string of the molecule is Cc1nc(N2CC=C(c3ccc(F)cc3)[C@@H](N)C2)nc(=O)n1Cc1ccc(C(F)(F)F)o1. The Labute approximate surface area is 179 Å². The number of halogens is 4. The number of aromatic nitrogens is 3. The molecule has 3 aromatic rings. The van der Waals surface area contributed by atoms with Crippen LogP contribution in [0.2, 0.25) is 0 Å². The third-order valence-electron chi connectivity index (χ3n) is 5.14. The number of anilines is 1. The maximum atomic E-state index is 13.2. The van der Waals surface area contributed by atoms with Gasteiger partial charge >= 0.3 is 11.9 Å². The summed E-state index contributed by atoms with van der Waals surface area (Å²) in [5, 5.41) is 0. The van der Waals surface area contributed by atoms with Crippen molar-refractivity contribution in [2.24, 2.45) is 5.73 Å². The molecular formula is C21H19F4N5O2. The summed E-state index contributed by atoms with van der Waals surface area (Å²) >= 11 is 0. The normalized spacial score (nSPS) is 16.9. The average molecular weight is 449 g/mol.